The normalized spacial score (nSPS) is 14.7. The van der Waals surface area contributed by atoms with Gasteiger partial charge in [0.25, 0.3) is 5.91 Å². The van der Waals surface area contributed by atoms with E-state index in [2.05, 4.69) is 20.2 Å². The van der Waals surface area contributed by atoms with Gasteiger partial charge in [-0.05, 0) is 30.7 Å². The lowest BCUT2D eigenvalue weighted by Gasteiger charge is -2.25. The number of hydrogen-bond donors (Lipinski definition) is 2. The van der Waals surface area contributed by atoms with Gasteiger partial charge in [0.05, 0.1) is 25.5 Å². The lowest BCUT2D eigenvalue weighted by Crippen LogP contribution is -2.35. The molecule has 0 spiro atoms. The van der Waals surface area contributed by atoms with Crippen LogP contribution in [-0.2, 0) is 11.3 Å². The van der Waals surface area contributed by atoms with Crippen LogP contribution >= 0.6 is 11.3 Å². The maximum atomic E-state index is 13.4. The SMILES string of the molecule is CCCNC(=O)c1csc(-c2[nH]c(CN3CCOCC3)nc2-c2ccc(F)cc2)n1. The fourth-order valence-corrected chi connectivity index (χ4v) is 4.06. The molecule has 0 bridgehead atoms. The monoisotopic (exact) mass is 429 g/mol. The van der Waals surface area contributed by atoms with Gasteiger partial charge in [-0.3, -0.25) is 9.69 Å². The number of nitrogens with zero attached hydrogens (tertiary/aromatic N) is 3. The Kier molecular flexibility index (Phi) is 6.51. The lowest BCUT2D eigenvalue weighted by atomic mass is 10.1. The molecule has 2 N–H and O–H groups in total. The van der Waals surface area contributed by atoms with Crippen LogP contribution in [-0.4, -0.2) is 58.6 Å². The van der Waals surface area contributed by atoms with Crippen LogP contribution in [0, 0.1) is 5.82 Å². The highest BCUT2D eigenvalue weighted by atomic mass is 32.1. The lowest BCUT2D eigenvalue weighted by molar-refractivity contribution is 0.0332. The number of nitrogens with one attached hydrogen (secondary N) is 2. The molecule has 1 amide bonds. The van der Waals surface area contributed by atoms with E-state index in [1.807, 2.05) is 6.92 Å². The average molecular weight is 430 g/mol. The predicted molar refractivity (Wildman–Crippen MR) is 114 cm³/mol. The van der Waals surface area contributed by atoms with Gasteiger partial charge in [-0.15, -0.1) is 11.3 Å². The summed E-state index contributed by atoms with van der Waals surface area (Å²) in [4.78, 5) is 27.2. The molecule has 2 aromatic heterocycles. The molecular formula is C21H24FN5O2S. The molecule has 1 aliphatic rings. The molecular weight excluding hydrogens is 405 g/mol. The highest BCUT2D eigenvalue weighted by molar-refractivity contribution is 7.13. The van der Waals surface area contributed by atoms with Gasteiger partial charge in [0.1, 0.15) is 28.0 Å². The summed E-state index contributed by atoms with van der Waals surface area (Å²) in [5.41, 5.74) is 2.62. The van der Waals surface area contributed by atoms with Crippen LogP contribution < -0.4 is 5.32 Å². The molecule has 0 atom stereocenters. The van der Waals surface area contributed by atoms with Gasteiger partial charge in [-0.2, -0.15) is 0 Å². The van der Waals surface area contributed by atoms with E-state index in [0.717, 1.165) is 36.6 Å². The van der Waals surface area contributed by atoms with E-state index < -0.39 is 0 Å². The maximum absolute atomic E-state index is 13.4. The third-order valence-corrected chi connectivity index (χ3v) is 5.69. The number of hydrogen-bond acceptors (Lipinski definition) is 6. The van der Waals surface area contributed by atoms with E-state index >= 15 is 0 Å². The molecule has 0 saturated carbocycles. The summed E-state index contributed by atoms with van der Waals surface area (Å²) in [6.07, 6.45) is 0.864. The van der Waals surface area contributed by atoms with Crippen LogP contribution in [0.5, 0.6) is 0 Å². The van der Waals surface area contributed by atoms with Gasteiger partial charge in [0, 0.05) is 30.6 Å². The van der Waals surface area contributed by atoms with Crippen LogP contribution in [0.2, 0.25) is 0 Å². The first-order valence-electron chi connectivity index (χ1n) is 10.0. The number of H-pyrrole nitrogens is 1. The van der Waals surface area contributed by atoms with Gasteiger partial charge in [0.15, 0.2) is 0 Å². The molecule has 3 heterocycles. The standard InChI is InChI=1S/C21H24FN5O2S/c1-2-7-23-20(28)16-13-30-21(24-16)19-18(14-3-5-15(22)6-4-14)25-17(26-19)12-27-8-10-29-11-9-27/h3-6,13H,2,7-12H2,1H3,(H,23,28)(H,25,26). The first-order chi connectivity index (χ1) is 14.6. The summed E-state index contributed by atoms with van der Waals surface area (Å²) < 4.78 is 18.8. The van der Waals surface area contributed by atoms with Crippen molar-refractivity contribution in [3.05, 3.63) is 47.0 Å². The summed E-state index contributed by atoms with van der Waals surface area (Å²) in [5, 5.41) is 5.27. The Labute approximate surface area is 178 Å². The second kappa shape index (κ2) is 9.46. The highest BCUT2D eigenvalue weighted by Crippen LogP contribution is 2.32. The fraction of sp³-hybridized carbons (Fsp3) is 0.381. The Morgan fingerprint density at radius 1 is 1.27 bits per heavy atom. The number of imidazole rings is 1. The molecule has 3 aromatic rings. The molecule has 0 radical (unpaired) electrons. The van der Waals surface area contributed by atoms with E-state index in [0.29, 0.717) is 42.7 Å². The Morgan fingerprint density at radius 3 is 2.77 bits per heavy atom. The molecule has 158 valence electrons. The maximum Gasteiger partial charge on any atom is 0.270 e. The number of benzene rings is 1. The average Bonchev–Trinajstić information content (AvgIpc) is 3.41. The minimum Gasteiger partial charge on any atom is -0.379 e. The number of carbonyl (C=O) groups excluding carboxylic acids is 1. The Hall–Kier alpha value is -2.62. The highest BCUT2D eigenvalue weighted by Gasteiger charge is 2.21. The molecule has 30 heavy (non-hydrogen) atoms. The summed E-state index contributed by atoms with van der Waals surface area (Å²) in [7, 11) is 0. The zero-order valence-electron chi connectivity index (χ0n) is 16.8. The van der Waals surface area contributed by atoms with Crippen molar-refractivity contribution < 1.29 is 13.9 Å². The van der Waals surface area contributed by atoms with Gasteiger partial charge >= 0.3 is 0 Å². The van der Waals surface area contributed by atoms with Crippen molar-refractivity contribution in [1.29, 1.82) is 0 Å². The number of halogens is 1. The van der Waals surface area contributed by atoms with Crippen LogP contribution in [0.3, 0.4) is 0 Å². The molecule has 0 aliphatic carbocycles. The van der Waals surface area contributed by atoms with Crippen LogP contribution in [0.1, 0.15) is 29.7 Å². The van der Waals surface area contributed by atoms with E-state index in [-0.39, 0.29) is 11.7 Å². The van der Waals surface area contributed by atoms with Gasteiger partial charge in [-0.1, -0.05) is 6.92 Å². The topological polar surface area (TPSA) is 83.1 Å². The summed E-state index contributed by atoms with van der Waals surface area (Å²) in [6, 6.07) is 6.24. The Morgan fingerprint density at radius 2 is 2.03 bits per heavy atom. The molecule has 1 fully saturated rings. The smallest absolute Gasteiger partial charge is 0.270 e. The molecule has 1 saturated heterocycles. The largest absolute Gasteiger partial charge is 0.379 e. The van der Waals surface area contributed by atoms with Crippen molar-refractivity contribution >= 4 is 17.2 Å². The van der Waals surface area contributed by atoms with Crippen molar-refractivity contribution in [2.75, 3.05) is 32.8 Å². The zero-order valence-corrected chi connectivity index (χ0v) is 17.6. The van der Waals surface area contributed by atoms with E-state index in [9.17, 15) is 9.18 Å². The number of aromatic nitrogens is 3. The minimum atomic E-state index is -0.298. The summed E-state index contributed by atoms with van der Waals surface area (Å²) in [5.74, 6) is 0.322. The molecule has 7 nitrogen and oxygen atoms in total. The summed E-state index contributed by atoms with van der Waals surface area (Å²) >= 11 is 1.38. The minimum absolute atomic E-state index is 0.185. The van der Waals surface area contributed by atoms with Crippen LogP contribution in [0.15, 0.2) is 29.6 Å². The quantitative estimate of drug-likeness (QED) is 0.602. The number of morpholine rings is 1. The first kappa shape index (κ1) is 20.6. The van der Waals surface area contributed by atoms with E-state index in [4.69, 9.17) is 9.72 Å². The Balaban J connectivity index is 1.65. The molecule has 9 heteroatoms. The van der Waals surface area contributed by atoms with Crippen molar-refractivity contribution in [2.24, 2.45) is 0 Å². The third kappa shape index (κ3) is 4.75. The number of thiazole rings is 1. The second-order valence-electron chi connectivity index (χ2n) is 7.10. The fourth-order valence-electron chi connectivity index (χ4n) is 3.26. The van der Waals surface area contributed by atoms with Crippen molar-refractivity contribution in [3.63, 3.8) is 0 Å². The molecule has 4 rings (SSSR count). The molecule has 1 aliphatic heterocycles. The van der Waals surface area contributed by atoms with Gasteiger partial charge < -0.3 is 15.0 Å². The van der Waals surface area contributed by atoms with E-state index in [1.54, 1.807) is 17.5 Å². The molecule has 1 aromatic carbocycles. The Bertz CT molecular complexity index is 995. The third-order valence-electron chi connectivity index (χ3n) is 4.83. The number of amides is 1. The predicted octanol–water partition coefficient (Wildman–Crippen LogP) is 3.31. The molecule has 0 unspecified atom stereocenters. The van der Waals surface area contributed by atoms with Crippen molar-refractivity contribution in [1.82, 2.24) is 25.2 Å². The number of rotatable bonds is 7. The summed E-state index contributed by atoms with van der Waals surface area (Å²) in [6.45, 7) is 6.39. The number of aromatic amines is 1. The van der Waals surface area contributed by atoms with Crippen molar-refractivity contribution in [3.8, 4) is 22.0 Å². The van der Waals surface area contributed by atoms with Gasteiger partial charge in [-0.25, -0.2) is 14.4 Å². The first-order valence-corrected chi connectivity index (χ1v) is 10.9. The van der Waals surface area contributed by atoms with Crippen molar-refractivity contribution in [2.45, 2.75) is 19.9 Å². The second-order valence-corrected chi connectivity index (χ2v) is 7.95. The van der Waals surface area contributed by atoms with Crippen LogP contribution in [0.4, 0.5) is 4.39 Å². The number of carbonyl (C=O) groups is 1. The van der Waals surface area contributed by atoms with E-state index in [1.165, 1.54) is 23.5 Å². The van der Waals surface area contributed by atoms with Gasteiger partial charge in [0.2, 0.25) is 0 Å². The zero-order chi connectivity index (χ0) is 20.9. The number of ether oxygens (including phenoxy) is 1. The van der Waals surface area contributed by atoms with Crippen LogP contribution in [0.25, 0.3) is 22.0 Å².